The summed E-state index contributed by atoms with van der Waals surface area (Å²) in [5.74, 6) is 0. The first kappa shape index (κ1) is 14.2. The van der Waals surface area contributed by atoms with Crippen molar-refractivity contribution in [2.75, 3.05) is 6.61 Å². The maximum atomic E-state index is 6.35. The molecule has 0 fully saturated rings. The number of aromatic nitrogens is 2. The lowest BCUT2D eigenvalue weighted by Gasteiger charge is -2.35. The molecule has 0 radical (unpaired) electrons. The minimum absolute atomic E-state index is 0.00509. The van der Waals surface area contributed by atoms with Crippen molar-refractivity contribution in [2.24, 2.45) is 11.1 Å². The molecule has 4 heteroatoms. The Morgan fingerprint density at radius 1 is 1.41 bits per heavy atom. The van der Waals surface area contributed by atoms with Crippen LogP contribution in [-0.4, -0.2) is 22.5 Å². The van der Waals surface area contributed by atoms with Gasteiger partial charge in [-0.25, -0.2) is 0 Å². The molecule has 0 spiro atoms. The van der Waals surface area contributed by atoms with Gasteiger partial charge >= 0.3 is 0 Å². The molecule has 0 aliphatic carbocycles. The first-order valence-electron chi connectivity index (χ1n) is 6.30. The standard InChI is InChI=1S/C13H25N3O/c1-6-16-10(8-9-15-16)11(14)12(17-7-2)13(3,4)5/h8-9,11-12H,6-7,14H2,1-5H3. The monoisotopic (exact) mass is 239 g/mol. The maximum absolute atomic E-state index is 6.35. The summed E-state index contributed by atoms with van der Waals surface area (Å²) in [6.45, 7) is 12.0. The smallest absolute Gasteiger partial charge is 0.0830 e. The van der Waals surface area contributed by atoms with Crippen molar-refractivity contribution in [3.63, 3.8) is 0 Å². The van der Waals surface area contributed by atoms with Gasteiger partial charge in [0, 0.05) is 19.3 Å². The van der Waals surface area contributed by atoms with Crippen molar-refractivity contribution in [3.8, 4) is 0 Å². The number of nitrogens with two attached hydrogens (primary N) is 1. The topological polar surface area (TPSA) is 53.1 Å². The van der Waals surface area contributed by atoms with Gasteiger partial charge in [0.1, 0.15) is 0 Å². The SMILES string of the molecule is CCOC(C(N)c1ccnn1CC)C(C)(C)C. The lowest BCUT2D eigenvalue weighted by atomic mass is 9.83. The van der Waals surface area contributed by atoms with Gasteiger partial charge in [-0.3, -0.25) is 4.68 Å². The van der Waals surface area contributed by atoms with Crippen molar-refractivity contribution in [3.05, 3.63) is 18.0 Å². The molecule has 1 heterocycles. The molecule has 1 aromatic heterocycles. The third kappa shape index (κ3) is 3.30. The molecule has 0 bridgehead atoms. The van der Waals surface area contributed by atoms with Gasteiger partial charge in [0.05, 0.1) is 17.8 Å². The van der Waals surface area contributed by atoms with E-state index < -0.39 is 0 Å². The van der Waals surface area contributed by atoms with Crippen molar-refractivity contribution in [2.45, 2.75) is 53.3 Å². The Morgan fingerprint density at radius 2 is 2.06 bits per heavy atom. The molecule has 0 aromatic carbocycles. The van der Waals surface area contributed by atoms with Crippen LogP contribution in [0.5, 0.6) is 0 Å². The highest BCUT2D eigenvalue weighted by molar-refractivity contribution is 5.10. The molecule has 1 rings (SSSR count). The van der Waals surface area contributed by atoms with Crippen LogP contribution in [0.25, 0.3) is 0 Å². The first-order chi connectivity index (χ1) is 7.91. The van der Waals surface area contributed by atoms with E-state index in [-0.39, 0.29) is 17.6 Å². The van der Waals surface area contributed by atoms with E-state index in [9.17, 15) is 0 Å². The molecule has 2 atom stereocenters. The van der Waals surface area contributed by atoms with Crippen molar-refractivity contribution < 1.29 is 4.74 Å². The van der Waals surface area contributed by atoms with Gasteiger partial charge in [-0.2, -0.15) is 5.10 Å². The number of rotatable bonds is 5. The number of aryl methyl sites for hydroxylation is 1. The second-order valence-electron chi connectivity index (χ2n) is 5.34. The summed E-state index contributed by atoms with van der Waals surface area (Å²) >= 11 is 0. The Labute approximate surface area is 104 Å². The summed E-state index contributed by atoms with van der Waals surface area (Å²) in [4.78, 5) is 0. The molecule has 17 heavy (non-hydrogen) atoms. The molecular weight excluding hydrogens is 214 g/mol. The Balaban J connectivity index is 2.95. The highest BCUT2D eigenvalue weighted by atomic mass is 16.5. The highest BCUT2D eigenvalue weighted by Gasteiger charge is 2.33. The second-order valence-corrected chi connectivity index (χ2v) is 5.34. The molecule has 2 N–H and O–H groups in total. The fraction of sp³-hybridized carbons (Fsp3) is 0.769. The van der Waals surface area contributed by atoms with Crippen LogP contribution < -0.4 is 5.73 Å². The largest absolute Gasteiger partial charge is 0.376 e. The zero-order valence-corrected chi connectivity index (χ0v) is 11.6. The highest BCUT2D eigenvalue weighted by Crippen LogP contribution is 2.31. The second kappa shape index (κ2) is 5.65. The summed E-state index contributed by atoms with van der Waals surface area (Å²) in [5.41, 5.74) is 7.40. The van der Waals surface area contributed by atoms with Gasteiger partial charge in [0.15, 0.2) is 0 Å². The first-order valence-corrected chi connectivity index (χ1v) is 6.30. The van der Waals surface area contributed by atoms with Crippen LogP contribution in [0.1, 0.15) is 46.4 Å². The zero-order chi connectivity index (χ0) is 13.1. The van der Waals surface area contributed by atoms with E-state index in [0.29, 0.717) is 6.61 Å². The Morgan fingerprint density at radius 3 is 2.53 bits per heavy atom. The maximum Gasteiger partial charge on any atom is 0.0830 e. The molecule has 98 valence electrons. The van der Waals surface area contributed by atoms with Crippen LogP contribution in [0.15, 0.2) is 12.3 Å². The quantitative estimate of drug-likeness (QED) is 0.858. The summed E-state index contributed by atoms with van der Waals surface area (Å²) in [6, 6.07) is 1.84. The van der Waals surface area contributed by atoms with Crippen molar-refractivity contribution in [1.29, 1.82) is 0 Å². The van der Waals surface area contributed by atoms with Gasteiger partial charge in [-0.15, -0.1) is 0 Å². The van der Waals surface area contributed by atoms with E-state index in [4.69, 9.17) is 10.5 Å². The van der Waals surface area contributed by atoms with Crippen LogP contribution in [0, 0.1) is 5.41 Å². The molecule has 1 aromatic rings. The summed E-state index contributed by atoms with van der Waals surface area (Å²) in [5, 5.41) is 4.26. The number of ether oxygens (including phenoxy) is 1. The molecule has 2 unspecified atom stereocenters. The van der Waals surface area contributed by atoms with E-state index in [0.717, 1.165) is 12.2 Å². The third-order valence-corrected chi connectivity index (χ3v) is 2.92. The third-order valence-electron chi connectivity index (χ3n) is 2.92. The molecule has 0 aliphatic rings. The van der Waals surface area contributed by atoms with Crippen LogP contribution in [0.2, 0.25) is 0 Å². The molecule has 4 nitrogen and oxygen atoms in total. The molecular formula is C13H25N3O. The zero-order valence-electron chi connectivity index (χ0n) is 11.6. The number of hydrogen-bond donors (Lipinski definition) is 1. The minimum Gasteiger partial charge on any atom is -0.376 e. The van der Waals surface area contributed by atoms with Crippen molar-refractivity contribution in [1.82, 2.24) is 9.78 Å². The predicted octanol–water partition coefficient (Wildman–Crippen LogP) is 2.35. The number of hydrogen-bond acceptors (Lipinski definition) is 3. The average Bonchev–Trinajstić information content (AvgIpc) is 2.71. The fourth-order valence-corrected chi connectivity index (χ4v) is 2.12. The van der Waals surface area contributed by atoms with Crippen molar-refractivity contribution >= 4 is 0 Å². The summed E-state index contributed by atoms with van der Waals surface area (Å²) < 4.78 is 7.76. The Hall–Kier alpha value is -0.870. The lowest BCUT2D eigenvalue weighted by Crippen LogP contribution is -2.40. The van der Waals surface area contributed by atoms with Crippen LogP contribution >= 0.6 is 0 Å². The fourth-order valence-electron chi connectivity index (χ4n) is 2.12. The predicted molar refractivity (Wildman–Crippen MR) is 69.7 cm³/mol. The number of nitrogens with zero attached hydrogens (tertiary/aromatic N) is 2. The van der Waals surface area contributed by atoms with Crippen LogP contribution in [0.4, 0.5) is 0 Å². The molecule has 0 saturated carbocycles. The Kier molecular flexibility index (Phi) is 4.71. The van der Waals surface area contributed by atoms with Gasteiger partial charge in [0.25, 0.3) is 0 Å². The van der Waals surface area contributed by atoms with E-state index in [2.05, 4.69) is 32.8 Å². The normalized spacial score (nSPS) is 15.9. The van der Waals surface area contributed by atoms with E-state index in [1.807, 2.05) is 17.7 Å². The van der Waals surface area contributed by atoms with Gasteiger partial charge in [-0.1, -0.05) is 20.8 Å². The van der Waals surface area contributed by atoms with Crippen LogP contribution in [0.3, 0.4) is 0 Å². The van der Waals surface area contributed by atoms with E-state index in [1.54, 1.807) is 6.20 Å². The summed E-state index contributed by atoms with van der Waals surface area (Å²) in [6.07, 6.45) is 1.79. The molecule has 0 amide bonds. The minimum atomic E-state index is -0.141. The van der Waals surface area contributed by atoms with Gasteiger partial charge in [-0.05, 0) is 25.3 Å². The average molecular weight is 239 g/mol. The Bertz CT molecular complexity index is 341. The van der Waals surface area contributed by atoms with Gasteiger partial charge < -0.3 is 10.5 Å². The summed E-state index contributed by atoms with van der Waals surface area (Å²) in [7, 11) is 0. The van der Waals surface area contributed by atoms with Crippen LogP contribution in [-0.2, 0) is 11.3 Å². The van der Waals surface area contributed by atoms with Gasteiger partial charge in [0.2, 0.25) is 0 Å². The lowest BCUT2D eigenvalue weighted by molar-refractivity contribution is -0.0298. The van der Waals surface area contributed by atoms with E-state index >= 15 is 0 Å². The molecule has 0 saturated heterocycles. The van der Waals surface area contributed by atoms with E-state index in [1.165, 1.54) is 0 Å². The molecule has 0 aliphatic heterocycles.